The van der Waals surface area contributed by atoms with Crippen molar-refractivity contribution in [2.24, 2.45) is 16.5 Å². The predicted molar refractivity (Wildman–Crippen MR) is 341 cm³/mol. The van der Waals surface area contributed by atoms with E-state index in [1.807, 2.05) is 50.8 Å². The summed E-state index contributed by atoms with van der Waals surface area (Å²) in [5.74, 6) is -8.41. The number of benzene rings is 2. The molecule has 0 fully saturated rings. The maximum Gasteiger partial charge on any atom is 0.245 e. The van der Waals surface area contributed by atoms with Gasteiger partial charge in [0.05, 0.1) is 18.8 Å². The fraction of sp³-hybridized carbons (Fsp3) is 0.576. The molecule has 0 aliphatic carbocycles. The van der Waals surface area contributed by atoms with Gasteiger partial charge < -0.3 is 84.7 Å². The molecule has 88 heavy (non-hydrogen) atoms. The van der Waals surface area contributed by atoms with Crippen molar-refractivity contribution in [3.8, 4) is 0 Å². The Balaban J connectivity index is 1.92. The van der Waals surface area contributed by atoms with Crippen LogP contribution in [0.15, 0.2) is 65.8 Å². The molecule has 0 saturated heterocycles. The van der Waals surface area contributed by atoms with Crippen LogP contribution in [0, 0.1) is 0 Å². The number of carbonyl (C=O) groups is 10. The molecule has 0 bridgehead atoms. The molecule has 10 amide bonds. The van der Waals surface area contributed by atoms with Crippen LogP contribution in [0.3, 0.4) is 0 Å². The van der Waals surface area contributed by atoms with Crippen molar-refractivity contribution in [1.29, 1.82) is 0 Å². The zero-order valence-electron chi connectivity index (χ0n) is 51.4. The van der Waals surface area contributed by atoms with Crippen LogP contribution in [0.25, 0.3) is 10.9 Å². The molecule has 17 N–H and O–H groups in total. The quantitative estimate of drug-likeness (QED) is 0.0133. The Labute approximate surface area is 525 Å². The van der Waals surface area contributed by atoms with Crippen LogP contribution in [-0.4, -0.2) is 196 Å². The first kappa shape index (κ1) is 74.8. The van der Waals surface area contributed by atoms with Gasteiger partial charge in [-0.2, -0.15) is 25.3 Å². The molecule has 488 valence electrons. The van der Waals surface area contributed by atoms with Crippen LogP contribution in [0.4, 0.5) is 0 Å². The Morgan fingerprint density at radius 1 is 0.568 bits per heavy atom. The van der Waals surface area contributed by atoms with Gasteiger partial charge >= 0.3 is 0 Å². The number of aliphatic hydroxyl groups is 2. The molecular weight excluding hydrogens is 1170 g/mol. The summed E-state index contributed by atoms with van der Waals surface area (Å²) in [5.41, 5.74) is 13.3. The number of nitrogens with two attached hydrogens (primary N) is 2. The van der Waals surface area contributed by atoms with E-state index in [2.05, 4.69) is 88.4 Å². The summed E-state index contributed by atoms with van der Waals surface area (Å²) in [6.07, 6.45) is 0.765. The van der Waals surface area contributed by atoms with Crippen molar-refractivity contribution in [2.75, 3.05) is 44.2 Å². The van der Waals surface area contributed by atoms with Crippen molar-refractivity contribution in [3.05, 3.63) is 71.9 Å². The van der Waals surface area contributed by atoms with E-state index < -0.39 is 120 Å². The number of thiol groups is 2. The summed E-state index contributed by atoms with van der Waals surface area (Å²) in [7, 11) is 0. The molecule has 3 aromatic rings. The molecule has 0 aliphatic rings. The number of guanidine groups is 1. The SMILES string of the molecule is CCC(=O)N[C@H](CCCCN=C(N)N(CC)CC)C(=O)NCC(=O)N[C@@H](CS)C(=O)N[C@@H](Cc1ccccc1)C(=O)N[C@H](Cc1c[nH]c2ccccc12)C(=O)N[C@@H](CCCCNC(C)C)C(=O)N[C@H](C(=O)N[C@@H](CS)C(=O)N[C@H](C(N)=O)[C@@H](C)O)[C@@H](C)O. The summed E-state index contributed by atoms with van der Waals surface area (Å²) in [6.45, 7) is 13.7. The topological polar surface area (TPSA) is 415 Å². The highest BCUT2D eigenvalue weighted by Crippen LogP contribution is 2.20. The van der Waals surface area contributed by atoms with Crippen molar-refractivity contribution < 1.29 is 58.2 Å². The minimum absolute atomic E-state index is 0.00178. The number of nitrogens with zero attached hydrogens (tertiary/aromatic N) is 2. The highest BCUT2D eigenvalue weighted by Gasteiger charge is 2.36. The normalized spacial score (nSPS) is 14.9. The zero-order valence-corrected chi connectivity index (χ0v) is 53.1. The van der Waals surface area contributed by atoms with E-state index in [1.165, 1.54) is 13.8 Å². The van der Waals surface area contributed by atoms with Gasteiger partial charge in [-0.05, 0) is 90.0 Å². The highest BCUT2D eigenvalue weighted by molar-refractivity contribution is 7.80. The molecule has 0 radical (unpaired) electrons. The second-order valence-corrected chi connectivity index (χ2v) is 22.3. The summed E-state index contributed by atoms with van der Waals surface area (Å²) < 4.78 is 0. The highest BCUT2D eigenvalue weighted by atomic mass is 32.1. The fourth-order valence-corrected chi connectivity index (χ4v) is 9.65. The van der Waals surface area contributed by atoms with Gasteiger partial charge in [-0.1, -0.05) is 69.3 Å². The molecule has 27 nitrogen and oxygen atoms in total. The number of primary amides is 1. The Bertz CT molecular complexity index is 2780. The number of unbranched alkanes of at least 4 members (excludes halogenated alkanes) is 2. The molecule has 0 aliphatic heterocycles. The van der Waals surface area contributed by atoms with Crippen molar-refractivity contribution in [2.45, 2.75) is 173 Å². The van der Waals surface area contributed by atoms with Crippen LogP contribution in [0.5, 0.6) is 0 Å². The smallest absolute Gasteiger partial charge is 0.245 e. The zero-order chi connectivity index (χ0) is 65.5. The lowest BCUT2D eigenvalue weighted by molar-refractivity contribution is -0.137. The molecule has 1 aromatic heterocycles. The third-order valence-electron chi connectivity index (χ3n) is 14.2. The Morgan fingerprint density at radius 2 is 1.07 bits per heavy atom. The second kappa shape index (κ2) is 39.4. The van der Waals surface area contributed by atoms with Crippen LogP contribution >= 0.6 is 25.3 Å². The summed E-state index contributed by atoms with van der Waals surface area (Å²) in [4.78, 5) is 146. The van der Waals surface area contributed by atoms with Gasteiger partial charge in [0, 0.05) is 73.5 Å². The summed E-state index contributed by atoms with van der Waals surface area (Å²) in [6, 6.07) is 4.80. The number of aliphatic hydroxyl groups excluding tert-OH is 2. The van der Waals surface area contributed by atoms with E-state index in [4.69, 9.17) is 11.5 Å². The van der Waals surface area contributed by atoms with E-state index in [0.29, 0.717) is 74.3 Å². The second-order valence-electron chi connectivity index (χ2n) is 21.5. The standard InChI is InChI=1S/C59H93N15O12S2/c1-8-47(77)66-41(24-17-19-27-63-59(61)74(9-2)10-3)52(80)65-31-48(78)67-45(32-87)56(84)69-43(28-37-20-12-11-13-21-37)54(82)70-44(29-38-30-64-40-23-15-14-22-39(38)40)55(83)68-42(25-16-18-26-62-34(4)5)53(81)73-50(36(7)76)58(86)71-46(33-88)57(85)72-49(35(6)75)51(60)79/h11-15,20-23,30,34-36,41-46,49-50,62,64,75-76,87-88H,8-10,16-19,24-29,31-33H2,1-7H3,(H2,60,79)(H2,61,63)(H,65,80)(H,66,77)(H,67,78)(H,68,83)(H,69,84)(H,70,82)(H,71,86)(H,72,85)(H,73,81)/t35-,36-,41-,42+,43+,44-,45+,46+,49+,50+/m1/s1. The van der Waals surface area contributed by atoms with E-state index in [1.54, 1.807) is 49.5 Å². The number of H-pyrrole nitrogens is 1. The van der Waals surface area contributed by atoms with Gasteiger partial charge in [0.1, 0.15) is 48.3 Å². The van der Waals surface area contributed by atoms with Gasteiger partial charge in [0.25, 0.3) is 0 Å². The number of para-hydroxylation sites is 1. The molecule has 1 heterocycles. The number of hydrogen-bond acceptors (Lipinski definition) is 16. The molecule has 0 unspecified atom stereocenters. The lowest BCUT2D eigenvalue weighted by Crippen LogP contribution is -2.62. The number of aromatic amines is 1. The maximum atomic E-state index is 14.9. The first-order chi connectivity index (χ1) is 41.9. The summed E-state index contributed by atoms with van der Waals surface area (Å²) in [5, 5.41) is 48.1. The molecular formula is C59H93N15O12S2. The minimum atomic E-state index is -1.72. The summed E-state index contributed by atoms with van der Waals surface area (Å²) >= 11 is 8.48. The number of carbonyl (C=O) groups excluding carboxylic acids is 10. The van der Waals surface area contributed by atoms with Crippen LogP contribution in [0.1, 0.15) is 105 Å². The van der Waals surface area contributed by atoms with Crippen LogP contribution in [-0.2, 0) is 60.8 Å². The minimum Gasteiger partial charge on any atom is -0.391 e. The van der Waals surface area contributed by atoms with E-state index >= 15 is 0 Å². The number of aliphatic imine (C=N–C) groups is 1. The van der Waals surface area contributed by atoms with Crippen LogP contribution in [0.2, 0.25) is 0 Å². The Hall–Kier alpha value is -7.47. The maximum absolute atomic E-state index is 14.9. The molecule has 29 heteroatoms. The lowest BCUT2D eigenvalue weighted by Gasteiger charge is -2.28. The number of aromatic nitrogens is 1. The van der Waals surface area contributed by atoms with Crippen molar-refractivity contribution in [3.63, 3.8) is 0 Å². The monoisotopic (exact) mass is 1270 g/mol. The van der Waals surface area contributed by atoms with Gasteiger partial charge in [-0.15, -0.1) is 0 Å². The Morgan fingerprint density at radius 3 is 1.65 bits per heavy atom. The number of nitrogens with one attached hydrogen (secondary N) is 11. The molecule has 2 aromatic carbocycles. The van der Waals surface area contributed by atoms with Gasteiger partial charge in [0.15, 0.2) is 5.96 Å². The van der Waals surface area contributed by atoms with Crippen molar-refractivity contribution >= 4 is 101 Å². The number of fused-ring (bicyclic) bond motifs is 1. The van der Waals surface area contributed by atoms with Gasteiger partial charge in [-0.3, -0.25) is 52.9 Å². The van der Waals surface area contributed by atoms with Crippen LogP contribution < -0.4 is 64.6 Å². The third kappa shape index (κ3) is 25.7. The number of rotatable bonds is 40. The van der Waals surface area contributed by atoms with E-state index in [9.17, 15) is 58.2 Å². The first-order valence-electron chi connectivity index (χ1n) is 29.8. The molecule has 0 saturated carbocycles. The van der Waals surface area contributed by atoms with E-state index in [-0.39, 0.29) is 55.6 Å². The molecule has 0 spiro atoms. The van der Waals surface area contributed by atoms with Gasteiger partial charge in [-0.25, -0.2) is 0 Å². The first-order valence-corrected chi connectivity index (χ1v) is 31.1. The van der Waals surface area contributed by atoms with Gasteiger partial charge in [0.2, 0.25) is 59.1 Å². The predicted octanol–water partition coefficient (Wildman–Crippen LogP) is -1.54. The average Bonchev–Trinajstić information content (AvgIpc) is 4.16. The lowest BCUT2D eigenvalue weighted by atomic mass is 10.0. The number of hydrogen-bond donors (Lipinski definition) is 17. The van der Waals surface area contributed by atoms with Crippen molar-refractivity contribution in [1.82, 2.24) is 63.1 Å². The molecule has 3 rings (SSSR count). The number of amides is 10. The molecule has 10 atom stereocenters. The largest absolute Gasteiger partial charge is 0.391 e. The fourth-order valence-electron chi connectivity index (χ4n) is 9.13. The average molecular weight is 1270 g/mol. The third-order valence-corrected chi connectivity index (χ3v) is 14.9. The Kier molecular flexibility index (Phi) is 33.5. The van der Waals surface area contributed by atoms with E-state index in [0.717, 1.165) is 5.52 Å².